The van der Waals surface area contributed by atoms with Crippen LogP contribution < -0.4 is 5.32 Å². The first-order valence-electron chi connectivity index (χ1n) is 8.00. The number of hydrogen-bond acceptors (Lipinski definition) is 3. The summed E-state index contributed by atoms with van der Waals surface area (Å²) in [6, 6.07) is 9.24. The van der Waals surface area contributed by atoms with Gasteiger partial charge in [-0.15, -0.1) is 11.3 Å². The first-order chi connectivity index (χ1) is 10.3. The normalized spacial score (nSPS) is 18.6. The third kappa shape index (κ3) is 3.15. The average Bonchev–Trinajstić information content (AvgIpc) is 2.86. The van der Waals surface area contributed by atoms with Crippen molar-refractivity contribution in [1.82, 2.24) is 5.32 Å². The minimum atomic E-state index is 0.138. The lowest BCUT2D eigenvalue weighted by molar-refractivity contribution is -0.0833. The predicted octanol–water partition coefficient (Wildman–Crippen LogP) is 4.38. The first-order valence-corrected chi connectivity index (χ1v) is 8.88. The molecule has 2 aromatic rings. The van der Waals surface area contributed by atoms with Crippen LogP contribution in [0.15, 0.2) is 29.6 Å². The van der Waals surface area contributed by atoms with Gasteiger partial charge in [-0.2, -0.15) is 0 Å². The molecule has 2 nitrogen and oxygen atoms in total. The molecule has 1 aromatic carbocycles. The topological polar surface area (TPSA) is 21.3 Å². The van der Waals surface area contributed by atoms with E-state index >= 15 is 0 Å². The van der Waals surface area contributed by atoms with Crippen LogP contribution in [0, 0.1) is 0 Å². The van der Waals surface area contributed by atoms with Crippen molar-refractivity contribution < 1.29 is 4.74 Å². The zero-order chi connectivity index (χ0) is 14.7. The molecule has 0 spiro atoms. The second kappa shape index (κ2) is 6.47. The molecule has 1 atom stereocenters. The molecule has 3 rings (SSSR count). The highest BCUT2D eigenvalue weighted by atomic mass is 32.1. The van der Waals surface area contributed by atoms with Gasteiger partial charge in [-0.3, -0.25) is 0 Å². The summed E-state index contributed by atoms with van der Waals surface area (Å²) in [5.41, 5.74) is 1.62. The molecule has 114 valence electrons. The monoisotopic (exact) mass is 303 g/mol. The van der Waals surface area contributed by atoms with E-state index in [1.807, 2.05) is 18.4 Å². The Balaban J connectivity index is 1.75. The van der Waals surface area contributed by atoms with E-state index in [9.17, 15) is 0 Å². The molecule has 0 radical (unpaired) electrons. The van der Waals surface area contributed by atoms with E-state index in [4.69, 9.17) is 4.74 Å². The SMILES string of the molecule is CCNC(Cc1csc2ccccc12)CC1(OC)CCC1. The molecule has 1 heterocycles. The van der Waals surface area contributed by atoms with Crippen LogP contribution in [0.4, 0.5) is 0 Å². The first kappa shape index (κ1) is 15.0. The molecule has 0 amide bonds. The van der Waals surface area contributed by atoms with Gasteiger partial charge in [0.2, 0.25) is 0 Å². The average molecular weight is 303 g/mol. The lowest BCUT2D eigenvalue weighted by atomic mass is 9.75. The van der Waals surface area contributed by atoms with Gasteiger partial charge >= 0.3 is 0 Å². The summed E-state index contributed by atoms with van der Waals surface area (Å²) in [6.45, 7) is 3.21. The van der Waals surface area contributed by atoms with E-state index in [0.29, 0.717) is 6.04 Å². The molecule has 1 unspecified atom stereocenters. The maximum absolute atomic E-state index is 5.82. The molecule has 1 N–H and O–H groups in total. The lowest BCUT2D eigenvalue weighted by Gasteiger charge is -2.43. The Hall–Kier alpha value is -0.900. The number of benzene rings is 1. The molecular formula is C18H25NOS. The summed E-state index contributed by atoms with van der Waals surface area (Å²) < 4.78 is 7.22. The standard InChI is InChI=1S/C18H25NOS/c1-3-19-15(12-18(20-2)9-6-10-18)11-14-13-21-17-8-5-4-7-16(14)17/h4-5,7-8,13,15,19H,3,6,9-12H2,1-2H3. The fraction of sp³-hybridized carbons (Fsp3) is 0.556. The van der Waals surface area contributed by atoms with Crippen LogP contribution >= 0.6 is 11.3 Å². The zero-order valence-electron chi connectivity index (χ0n) is 13.0. The van der Waals surface area contributed by atoms with Gasteiger partial charge in [0.15, 0.2) is 0 Å². The largest absolute Gasteiger partial charge is 0.378 e. The highest BCUT2D eigenvalue weighted by Crippen LogP contribution is 2.39. The van der Waals surface area contributed by atoms with Crippen LogP contribution in [-0.2, 0) is 11.2 Å². The number of likely N-dealkylation sites (N-methyl/N-ethyl adjacent to an activating group) is 1. The molecule has 21 heavy (non-hydrogen) atoms. The second-order valence-corrected chi connectivity index (χ2v) is 7.07. The number of rotatable bonds is 7. The number of hydrogen-bond donors (Lipinski definition) is 1. The van der Waals surface area contributed by atoms with E-state index in [-0.39, 0.29) is 5.60 Å². The second-order valence-electron chi connectivity index (χ2n) is 6.16. The van der Waals surface area contributed by atoms with Crippen LogP contribution in [0.5, 0.6) is 0 Å². The van der Waals surface area contributed by atoms with E-state index < -0.39 is 0 Å². The van der Waals surface area contributed by atoms with Gasteiger partial charge in [-0.05, 0) is 61.0 Å². The van der Waals surface area contributed by atoms with Crippen LogP contribution in [0.2, 0.25) is 0 Å². The van der Waals surface area contributed by atoms with Crippen molar-refractivity contribution in [2.45, 2.75) is 50.7 Å². The van der Waals surface area contributed by atoms with Gasteiger partial charge in [0, 0.05) is 17.9 Å². The molecule has 0 saturated heterocycles. The molecule has 0 bridgehead atoms. The third-order valence-corrected chi connectivity index (χ3v) is 5.85. The number of fused-ring (bicyclic) bond motifs is 1. The van der Waals surface area contributed by atoms with Crippen molar-refractivity contribution in [3.8, 4) is 0 Å². The van der Waals surface area contributed by atoms with Crippen molar-refractivity contribution in [3.05, 3.63) is 35.2 Å². The van der Waals surface area contributed by atoms with Crippen molar-refractivity contribution in [1.29, 1.82) is 0 Å². The third-order valence-electron chi connectivity index (χ3n) is 4.84. The van der Waals surface area contributed by atoms with Crippen molar-refractivity contribution >= 4 is 21.4 Å². The lowest BCUT2D eigenvalue weighted by Crippen LogP contribution is -2.46. The van der Waals surface area contributed by atoms with Crippen LogP contribution in [0.3, 0.4) is 0 Å². The Labute approximate surface area is 131 Å². The summed E-state index contributed by atoms with van der Waals surface area (Å²) in [5, 5.41) is 7.42. The summed E-state index contributed by atoms with van der Waals surface area (Å²) in [6.07, 6.45) is 5.98. The van der Waals surface area contributed by atoms with Gasteiger partial charge < -0.3 is 10.1 Å². The molecule has 1 aliphatic carbocycles. The number of nitrogens with one attached hydrogen (secondary N) is 1. The van der Waals surface area contributed by atoms with E-state index in [1.165, 1.54) is 34.9 Å². The molecular weight excluding hydrogens is 278 g/mol. The number of methoxy groups -OCH3 is 1. The maximum Gasteiger partial charge on any atom is 0.0693 e. The highest BCUT2D eigenvalue weighted by molar-refractivity contribution is 7.17. The summed E-state index contributed by atoms with van der Waals surface area (Å²) in [7, 11) is 1.88. The summed E-state index contributed by atoms with van der Waals surface area (Å²) in [5.74, 6) is 0. The van der Waals surface area contributed by atoms with E-state index in [0.717, 1.165) is 19.4 Å². The van der Waals surface area contributed by atoms with Gasteiger partial charge in [0.1, 0.15) is 0 Å². The zero-order valence-corrected chi connectivity index (χ0v) is 13.8. The minimum Gasteiger partial charge on any atom is -0.378 e. The maximum atomic E-state index is 5.82. The molecule has 1 aromatic heterocycles. The summed E-state index contributed by atoms with van der Waals surface area (Å²) in [4.78, 5) is 0. The summed E-state index contributed by atoms with van der Waals surface area (Å²) >= 11 is 1.86. The van der Waals surface area contributed by atoms with Gasteiger partial charge in [0.05, 0.1) is 5.60 Å². The molecule has 0 aliphatic heterocycles. The fourth-order valence-electron chi connectivity index (χ4n) is 3.47. The molecule has 1 aliphatic rings. The number of thiophene rings is 1. The Morgan fingerprint density at radius 2 is 2.14 bits per heavy atom. The van der Waals surface area contributed by atoms with Gasteiger partial charge in [-0.1, -0.05) is 25.1 Å². The van der Waals surface area contributed by atoms with Crippen LogP contribution in [0.25, 0.3) is 10.1 Å². The Kier molecular flexibility index (Phi) is 4.63. The quantitative estimate of drug-likeness (QED) is 0.819. The number of ether oxygens (including phenoxy) is 1. The van der Waals surface area contributed by atoms with E-state index in [2.05, 4.69) is 41.9 Å². The Morgan fingerprint density at radius 1 is 1.33 bits per heavy atom. The van der Waals surface area contributed by atoms with Crippen molar-refractivity contribution in [3.63, 3.8) is 0 Å². The fourth-order valence-corrected chi connectivity index (χ4v) is 4.45. The van der Waals surface area contributed by atoms with Gasteiger partial charge in [-0.25, -0.2) is 0 Å². The molecule has 1 saturated carbocycles. The van der Waals surface area contributed by atoms with E-state index in [1.54, 1.807) is 0 Å². The molecule has 3 heteroatoms. The highest BCUT2D eigenvalue weighted by Gasteiger charge is 2.38. The van der Waals surface area contributed by atoms with Crippen molar-refractivity contribution in [2.75, 3.05) is 13.7 Å². The Morgan fingerprint density at radius 3 is 2.81 bits per heavy atom. The minimum absolute atomic E-state index is 0.138. The molecule has 1 fully saturated rings. The van der Waals surface area contributed by atoms with Gasteiger partial charge in [0.25, 0.3) is 0 Å². The smallest absolute Gasteiger partial charge is 0.0693 e. The van der Waals surface area contributed by atoms with Crippen LogP contribution in [-0.4, -0.2) is 25.3 Å². The van der Waals surface area contributed by atoms with Crippen molar-refractivity contribution in [2.24, 2.45) is 0 Å². The Bertz CT molecular complexity index is 582. The van der Waals surface area contributed by atoms with Crippen LogP contribution in [0.1, 0.15) is 38.2 Å². The predicted molar refractivity (Wildman–Crippen MR) is 91.2 cm³/mol.